The number of hydrogen-bond donors (Lipinski definition) is 2. The summed E-state index contributed by atoms with van der Waals surface area (Å²) in [5.41, 5.74) is 2.68. The summed E-state index contributed by atoms with van der Waals surface area (Å²) in [6.07, 6.45) is 2.61. The monoisotopic (exact) mass is 334 g/mol. The second-order valence-electron chi connectivity index (χ2n) is 6.69. The molecule has 23 heavy (non-hydrogen) atoms. The Hall–Kier alpha value is -1.20. The molecule has 1 aliphatic heterocycles. The van der Waals surface area contributed by atoms with Gasteiger partial charge in [0.2, 0.25) is 0 Å². The minimum absolute atomic E-state index is 0.348. The molecule has 1 aromatic rings. The van der Waals surface area contributed by atoms with Crippen molar-refractivity contribution in [3.8, 4) is 0 Å². The first-order valence-corrected chi connectivity index (χ1v) is 9.31. The van der Waals surface area contributed by atoms with Gasteiger partial charge in [0.05, 0.1) is 0 Å². The van der Waals surface area contributed by atoms with E-state index in [4.69, 9.17) is 0 Å². The maximum absolute atomic E-state index is 4.36. The molecule has 1 aromatic carbocycles. The third-order valence-electron chi connectivity index (χ3n) is 4.21. The number of thioether (sulfide) groups is 1. The van der Waals surface area contributed by atoms with Crippen LogP contribution in [0.15, 0.2) is 29.3 Å². The molecule has 0 saturated carbocycles. The first-order chi connectivity index (χ1) is 11.0. The number of nitrogens with one attached hydrogen (secondary N) is 2. The highest BCUT2D eigenvalue weighted by molar-refractivity contribution is 8.00. The zero-order chi connectivity index (χ0) is 16.7. The quantitative estimate of drug-likeness (QED) is 0.620. The van der Waals surface area contributed by atoms with Crippen molar-refractivity contribution in [3.05, 3.63) is 35.4 Å². The van der Waals surface area contributed by atoms with Gasteiger partial charge in [0.15, 0.2) is 5.96 Å². The Balaban J connectivity index is 1.88. The van der Waals surface area contributed by atoms with Crippen molar-refractivity contribution in [2.75, 3.05) is 33.4 Å². The second kappa shape index (κ2) is 8.60. The zero-order valence-electron chi connectivity index (χ0n) is 14.9. The molecule has 128 valence electrons. The Morgan fingerprint density at radius 1 is 1.26 bits per heavy atom. The van der Waals surface area contributed by atoms with Gasteiger partial charge < -0.3 is 15.5 Å². The molecule has 2 N–H and O–H groups in total. The Morgan fingerprint density at radius 3 is 2.61 bits per heavy atom. The van der Waals surface area contributed by atoms with E-state index < -0.39 is 0 Å². The van der Waals surface area contributed by atoms with Gasteiger partial charge in [-0.05, 0) is 50.7 Å². The highest BCUT2D eigenvalue weighted by atomic mass is 32.2. The van der Waals surface area contributed by atoms with Crippen LogP contribution >= 0.6 is 11.8 Å². The van der Waals surface area contributed by atoms with Gasteiger partial charge in [-0.25, -0.2) is 0 Å². The van der Waals surface area contributed by atoms with Crippen LogP contribution in [0.3, 0.4) is 0 Å². The predicted octanol–water partition coefficient (Wildman–Crippen LogP) is 2.70. The highest BCUT2D eigenvalue weighted by Gasteiger charge is 2.29. The molecule has 0 aromatic heterocycles. The van der Waals surface area contributed by atoms with E-state index in [-0.39, 0.29) is 0 Å². The number of benzene rings is 1. The molecule has 4 nitrogen and oxygen atoms in total. The number of guanidine groups is 1. The summed E-state index contributed by atoms with van der Waals surface area (Å²) in [6, 6.07) is 8.59. The fraction of sp³-hybridized carbons (Fsp3) is 0.611. The third-order valence-corrected chi connectivity index (χ3v) is 5.74. The number of hydrogen-bond acceptors (Lipinski definition) is 3. The lowest BCUT2D eigenvalue weighted by Crippen LogP contribution is -2.43. The van der Waals surface area contributed by atoms with Gasteiger partial charge in [-0.15, -0.1) is 0 Å². The van der Waals surface area contributed by atoms with E-state index in [0.717, 1.165) is 25.6 Å². The number of rotatable bonds is 6. The molecule has 0 aliphatic carbocycles. The average Bonchev–Trinajstić information content (AvgIpc) is 2.95. The minimum Gasteiger partial charge on any atom is -0.355 e. The Kier molecular flexibility index (Phi) is 6.78. The third kappa shape index (κ3) is 5.74. The molecule has 0 spiro atoms. The van der Waals surface area contributed by atoms with Gasteiger partial charge in [0.1, 0.15) is 0 Å². The van der Waals surface area contributed by atoms with Crippen LogP contribution in [-0.4, -0.2) is 49.0 Å². The topological polar surface area (TPSA) is 39.7 Å². The Morgan fingerprint density at radius 2 is 2.00 bits per heavy atom. The van der Waals surface area contributed by atoms with Crippen molar-refractivity contribution in [2.45, 2.75) is 37.6 Å². The number of aliphatic imine (C=N–C) groups is 1. The van der Waals surface area contributed by atoms with E-state index in [1.807, 2.05) is 7.05 Å². The van der Waals surface area contributed by atoms with Gasteiger partial charge in [0, 0.05) is 31.4 Å². The van der Waals surface area contributed by atoms with E-state index in [0.29, 0.717) is 4.75 Å². The molecular formula is C18H30N4S. The molecule has 1 unspecified atom stereocenters. The maximum atomic E-state index is 4.36. The first-order valence-electron chi connectivity index (χ1n) is 8.32. The fourth-order valence-corrected chi connectivity index (χ4v) is 4.12. The summed E-state index contributed by atoms with van der Waals surface area (Å²) in [6.45, 7) is 5.07. The molecule has 1 aliphatic rings. The van der Waals surface area contributed by atoms with Crippen molar-refractivity contribution in [3.63, 3.8) is 0 Å². The molecule has 0 bridgehead atoms. The summed E-state index contributed by atoms with van der Waals surface area (Å²) in [5, 5.41) is 6.94. The normalized spacial score (nSPS) is 21.7. The fourth-order valence-electron chi connectivity index (χ4n) is 2.87. The molecule has 2 rings (SSSR count). The first kappa shape index (κ1) is 18.1. The van der Waals surface area contributed by atoms with Crippen LogP contribution in [0.5, 0.6) is 0 Å². The van der Waals surface area contributed by atoms with Crippen molar-refractivity contribution >= 4 is 17.7 Å². The standard InChI is InChI=1S/C18H30N4S/c1-18(10-7-11-23-18)14-21-17(19-2)20-12-15-8-5-6-9-16(15)13-22(3)4/h5-6,8-9H,7,10-14H2,1-4H3,(H2,19,20,21). The van der Waals surface area contributed by atoms with Crippen LogP contribution in [-0.2, 0) is 13.1 Å². The van der Waals surface area contributed by atoms with E-state index in [1.54, 1.807) is 0 Å². The van der Waals surface area contributed by atoms with Crippen LogP contribution in [0, 0.1) is 0 Å². The zero-order valence-corrected chi connectivity index (χ0v) is 15.7. The van der Waals surface area contributed by atoms with Crippen molar-refractivity contribution in [1.82, 2.24) is 15.5 Å². The molecule has 1 heterocycles. The van der Waals surface area contributed by atoms with E-state index >= 15 is 0 Å². The molecule has 5 heteroatoms. The van der Waals surface area contributed by atoms with Crippen molar-refractivity contribution in [1.29, 1.82) is 0 Å². The smallest absolute Gasteiger partial charge is 0.191 e. The molecule has 1 fully saturated rings. The maximum Gasteiger partial charge on any atom is 0.191 e. The van der Waals surface area contributed by atoms with Crippen molar-refractivity contribution < 1.29 is 0 Å². The minimum atomic E-state index is 0.348. The lowest BCUT2D eigenvalue weighted by Gasteiger charge is -2.24. The molecule has 0 amide bonds. The predicted molar refractivity (Wildman–Crippen MR) is 102 cm³/mol. The van der Waals surface area contributed by atoms with Crippen LogP contribution in [0.25, 0.3) is 0 Å². The van der Waals surface area contributed by atoms with Gasteiger partial charge in [-0.3, -0.25) is 4.99 Å². The highest BCUT2D eigenvalue weighted by Crippen LogP contribution is 2.36. The van der Waals surface area contributed by atoms with Gasteiger partial charge in [-0.1, -0.05) is 24.3 Å². The van der Waals surface area contributed by atoms with Crippen LogP contribution in [0.1, 0.15) is 30.9 Å². The summed E-state index contributed by atoms with van der Waals surface area (Å²) in [5.74, 6) is 2.17. The van der Waals surface area contributed by atoms with Crippen LogP contribution in [0.2, 0.25) is 0 Å². The van der Waals surface area contributed by atoms with Crippen molar-refractivity contribution in [2.24, 2.45) is 4.99 Å². The Labute approximate surface area is 145 Å². The summed E-state index contributed by atoms with van der Waals surface area (Å²) in [7, 11) is 6.04. The SMILES string of the molecule is CN=C(NCc1ccccc1CN(C)C)NCC1(C)CCCS1. The second-order valence-corrected chi connectivity index (χ2v) is 8.37. The molecule has 1 saturated heterocycles. The molecule has 1 atom stereocenters. The Bertz CT molecular complexity index is 522. The van der Waals surface area contributed by atoms with E-state index in [1.165, 1.54) is 29.7 Å². The summed E-state index contributed by atoms with van der Waals surface area (Å²) >= 11 is 2.07. The largest absolute Gasteiger partial charge is 0.355 e. The van der Waals surface area contributed by atoms with Gasteiger partial charge >= 0.3 is 0 Å². The van der Waals surface area contributed by atoms with Crippen LogP contribution in [0.4, 0.5) is 0 Å². The van der Waals surface area contributed by atoms with E-state index in [2.05, 4.69) is 77.6 Å². The average molecular weight is 335 g/mol. The van der Waals surface area contributed by atoms with Gasteiger partial charge in [0.25, 0.3) is 0 Å². The molecular weight excluding hydrogens is 304 g/mol. The lowest BCUT2D eigenvalue weighted by molar-refractivity contribution is 0.400. The lowest BCUT2D eigenvalue weighted by atomic mass is 10.1. The number of nitrogens with zero attached hydrogens (tertiary/aromatic N) is 2. The summed E-state index contributed by atoms with van der Waals surface area (Å²) in [4.78, 5) is 6.56. The van der Waals surface area contributed by atoms with E-state index in [9.17, 15) is 0 Å². The summed E-state index contributed by atoms with van der Waals surface area (Å²) < 4.78 is 0.348. The van der Waals surface area contributed by atoms with Gasteiger partial charge in [-0.2, -0.15) is 11.8 Å². The molecule has 0 radical (unpaired) electrons. The van der Waals surface area contributed by atoms with Crippen LogP contribution < -0.4 is 10.6 Å².